The third-order valence-corrected chi connectivity index (χ3v) is 2.98. The van der Waals surface area contributed by atoms with Gasteiger partial charge >= 0.3 is 0 Å². The monoisotopic (exact) mass is 184 g/mol. The van der Waals surface area contributed by atoms with Crippen molar-refractivity contribution in [1.82, 2.24) is 0 Å². The SMILES string of the molecule is CC(CSP)c1ccccc1. The van der Waals surface area contributed by atoms with Gasteiger partial charge in [-0.2, -0.15) is 0 Å². The topological polar surface area (TPSA) is 0 Å². The van der Waals surface area contributed by atoms with Gasteiger partial charge in [-0.25, -0.2) is 0 Å². The van der Waals surface area contributed by atoms with Gasteiger partial charge in [0.2, 0.25) is 0 Å². The van der Waals surface area contributed by atoms with E-state index in [4.69, 9.17) is 0 Å². The standard InChI is InChI=1S/C9H13PS/c1-8(7-11-10)9-5-3-2-4-6-9/h2-6,8H,7,10H2,1H3. The van der Waals surface area contributed by atoms with Gasteiger partial charge in [0.05, 0.1) is 0 Å². The molecule has 0 saturated heterocycles. The highest BCUT2D eigenvalue weighted by Crippen LogP contribution is 2.23. The van der Waals surface area contributed by atoms with Crippen molar-refractivity contribution in [2.75, 3.05) is 5.75 Å². The minimum atomic E-state index is 0.665. The summed E-state index contributed by atoms with van der Waals surface area (Å²) in [6.45, 7) is 2.26. The predicted molar refractivity (Wildman–Crippen MR) is 57.0 cm³/mol. The lowest BCUT2D eigenvalue weighted by atomic mass is 10.0. The zero-order valence-electron chi connectivity index (χ0n) is 6.66. The van der Waals surface area contributed by atoms with E-state index in [2.05, 4.69) is 45.7 Å². The third-order valence-electron chi connectivity index (χ3n) is 1.71. The van der Waals surface area contributed by atoms with E-state index in [9.17, 15) is 0 Å². The van der Waals surface area contributed by atoms with Crippen LogP contribution >= 0.6 is 19.8 Å². The highest BCUT2D eigenvalue weighted by Gasteiger charge is 2.01. The van der Waals surface area contributed by atoms with E-state index in [1.54, 1.807) is 0 Å². The maximum Gasteiger partial charge on any atom is 0.00353 e. The molecule has 0 aliphatic rings. The van der Waals surface area contributed by atoms with Gasteiger partial charge in [-0.1, -0.05) is 45.7 Å². The van der Waals surface area contributed by atoms with Crippen molar-refractivity contribution in [3.8, 4) is 0 Å². The van der Waals surface area contributed by atoms with Crippen molar-refractivity contribution in [2.45, 2.75) is 12.8 Å². The fraction of sp³-hybridized carbons (Fsp3) is 0.333. The van der Waals surface area contributed by atoms with E-state index in [-0.39, 0.29) is 0 Å². The van der Waals surface area contributed by atoms with Crippen LogP contribution in [0, 0.1) is 0 Å². The van der Waals surface area contributed by atoms with Crippen LogP contribution < -0.4 is 0 Å². The molecular weight excluding hydrogens is 171 g/mol. The summed E-state index contributed by atoms with van der Waals surface area (Å²) in [7, 11) is 2.69. The molecule has 0 heterocycles. The van der Waals surface area contributed by atoms with E-state index in [1.807, 2.05) is 11.4 Å². The second-order valence-electron chi connectivity index (χ2n) is 2.65. The summed E-state index contributed by atoms with van der Waals surface area (Å²) in [6.07, 6.45) is 0. The van der Waals surface area contributed by atoms with E-state index < -0.39 is 0 Å². The molecule has 11 heavy (non-hydrogen) atoms. The van der Waals surface area contributed by atoms with Crippen molar-refractivity contribution in [3.05, 3.63) is 35.9 Å². The molecule has 0 spiro atoms. The molecule has 0 aliphatic carbocycles. The normalized spacial score (nSPS) is 12.9. The Balaban J connectivity index is 2.61. The summed E-state index contributed by atoms with van der Waals surface area (Å²) < 4.78 is 0. The van der Waals surface area contributed by atoms with Gasteiger partial charge in [0.25, 0.3) is 0 Å². The van der Waals surface area contributed by atoms with Gasteiger partial charge in [0.15, 0.2) is 0 Å². The average Bonchev–Trinajstić information content (AvgIpc) is 2.07. The van der Waals surface area contributed by atoms with Crippen LogP contribution in [-0.4, -0.2) is 5.75 Å². The maximum atomic E-state index is 2.69. The molecule has 0 amide bonds. The van der Waals surface area contributed by atoms with Crippen molar-refractivity contribution in [3.63, 3.8) is 0 Å². The predicted octanol–water partition coefficient (Wildman–Crippen LogP) is 3.31. The highest BCUT2D eigenvalue weighted by atomic mass is 32.7. The van der Waals surface area contributed by atoms with Crippen LogP contribution in [0.3, 0.4) is 0 Å². The summed E-state index contributed by atoms with van der Waals surface area (Å²) in [6, 6.07) is 10.6. The lowest BCUT2D eigenvalue weighted by Gasteiger charge is -2.08. The first-order valence-electron chi connectivity index (χ1n) is 3.71. The molecule has 0 aromatic heterocycles. The summed E-state index contributed by atoms with van der Waals surface area (Å²) >= 11 is 1.82. The molecule has 2 heteroatoms. The Morgan fingerprint density at radius 1 is 1.36 bits per heavy atom. The lowest BCUT2D eigenvalue weighted by Crippen LogP contribution is -1.93. The van der Waals surface area contributed by atoms with Crippen LogP contribution in [0.4, 0.5) is 0 Å². The number of rotatable bonds is 3. The van der Waals surface area contributed by atoms with Crippen LogP contribution in [0.1, 0.15) is 18.4 Å². The quantitative estimate of drug-likeness (QED) is 0.649. The van der Waals surface area contributed by atoms with Gasteiger partial charge in [-0.15, -0.1) is 11.4 Å². The van der Waals surface area contributed by atoms with Crippen LogP contribution in [0.15, 0.2) is 30.3 Å². The molecule has 2 unspecified atom stereocenters. The third kappa shape index (κ3) is 2.84. The number of benzene rings is 1. The molecule has 0 bridgehead atoms. The minimum Gasteiger partial charge on any atom is -0.140 e. The molecular formula is C9H13PS. The largest absolute Gasteiger partial charge is 0.140 e. The fourth-order valence-electron chi connectivity index (χ4n) is 1.02. The molecule has 0 nitrogen and oxygen atoms in total. The average molecular weight is 184 g/mol. The van der Waals surface area contributed by atoms with Gasteiger partial charge in [-0.05, 0) is 11.5 Å². The van der Waals surface area contributed by atoms with E-state index in [1.165, 1.54) is 11.3 Å². The molecule has 0 radical (unpaired) electrons. The van der Waals surface area contributed by atoms with Gasteiger partial charge in [0.1, 0.15) is 0 Å². The van der Waals surface area contributed by atoms with Crippen molar-refractivity contribution >= 4 is 19.8 Å². The van der Waals surface area contributed by atoms with Crippen molar-refractivity contribution in [2.24, 2.45) is 0 Å². The molecule has 1 aromatic carbocycles. The lowest BCUT2D eigenvalue weighted by molar-refractivity contribution is 0.883. The number of hydrogen-bond acceptors (Lipinski definition) is 1. The van der Waals surface area contributed by atoms with E-state index in [0.29, 0.717) is 5.92 Å². The summed E-state index contributed by atoms with van der Waals surface area (Å²) in [4.78, 5) is 0. The Kier molecular flexibility index (Phi) is 3.96. The molecule has 1 aromatic rings. The first-order chi connectivity index (χ1) is 5.34. The zero-order valence-corrected chi connectivity index (χ0v) is 8.63. The van der Waals surface area contributed by atoms with Crippen LogP contribution in [0.25, 0.3) is 0 Å². The Bertz CT molecular complexity index is 198. The van der Waals surface area contributed by atoms with Gasteiger partial charge in [-0.3, -0.25) is 0 Å². The maximum absolute atomic E-state index is 2.69. The Hall–Kier alpha value is 0. The van der Waals surface area contributed by atoms with E-state index >= 15 is 0 Å². The van der Waals surface area contributed by atoms with Gasteiger partial charge in [0, 0.05) is 5.75 Å². The fourth-order valence-corrected chi connectivity index (χ4v) is 2.37. The molecule has 60 valence electrons. The first kappa shape index (κ1) is 9.09. The minimum absolute atomic E-state index is 0.665. The molecule has 0 fully saturated rings. The van der Waals surface area contributed by atoms with Gasteiger partial charge < -0.3 is 0 Å². The van der Waals surface area contributed by atoms with E-state index in [0.717, 1.165) is 0 Å². The van der Waals surface area contributed by atoms with Crippen molar-refractivity contribution in [1.29, 1.82) is 0 Å². The summed E-state index contributed by atoms with van der Waals surface area (Å²) in [5, 5.41) is 0. The smallest absolute Gasteiger partial charge is 0.00353 e. The van der Waals surface area contributed by atoms with Crippen LogP contribution in [0.5, 0.6) is 0 Å². The summed E-state index contributed by atoms with van der Waals surface area (Å²) in [5.74, 6) is 1.84. The van der Waals surface area contributed by atoms with Crippen LogP contribution in [-0.2, 0) is 0 Å². The van der Waals surface area contributed by atoms with Crippen LogP contribution in [0.2, 0.25) is 0 Å². The Morgan fingerprint density at radius 2 is 2.00 bits per heavy atom. The Labute approximate surface area is 74.7 Å². The first-order valence-corrected chi connectivity index (χ1v) is 6.17. The molecule has 0 aliphatic heterocycles. The number of hydrogen-bond donors (Lipinski definition) is 0. The van der Waals surface area contributed by atoms with Crippen molar-refractivity contribution < 1.29 is 0 Å². The summed E-state index contributed by atoms with van der Waals surface area (Å²) in [5.41, 5.74) is 1.43. The second-order valence-corrected chi connectivity index (χ2v) is 4.31. The second kappa shape index (κ2) is 4.79. The Morgan fingerprint density at radius 3 is 2.55 bits per heavy atom. The molecule has 0 saturated carbocycles. The molecule has 1 rings (SSSR count). The molecule has 2 atom stereocenters. The highest BCUT2D eigenvalue weighted by molar-refractivity contribution is 8.43. The molecule has 0 N–H and O–H groups in total. The zero-order chi connectivity index (χ0) is 8.10.